The van der Waals surface area contributed by atoms with Crippen molar-refractivity contribution in [3.8, 4) is 0 Å². The maximum Gasteiger partial charge on any atom is 0.274 e. The second-order valence-electron chi connectivity index (χ2n) is 6.36. The van der Waals surface area contributed by atoms with Crippen LogP contribution >= 0.6 is 11.6 Å². The fourth-order valence-corrected chi connectivity index (χ4v) is 3.06. The predicted molar refractivity (Wildman–Crippen MR) is 103 cm³/mol. The molecule has 1 aromatic carbocycles. The molecule has 0 saturated heterocycles. The Morgan fingerprint density at radius 1 is 1.30 bits per heavy atom. The molecule has 0 radical (unpaired) electrons. The van der Waals surface area contributed by atoms with E-state index in [1.165, 1.54) is 6.20 Å². The number of aryl methyl sites for hydroxylation is 1. The van der Waals surface area contributed by atoms with Gasteiger partial charge in [0.25, 0.3) is 11.5 Å². The number of nitrogens with zero attached hydrogens (tertiary/aromatic N) is 4. The number of halogens is 1. The Kier molecular flexibility index (Phi) is 5.41. The Labute approximate surface area is 161 Å². The van der Waals surface area contributed by atoms with Crippen molar-refractivity contribution < 1.29 is 4.79 Å². The summed E-state index contributed by atoms with van der Waals surface area (Å²) < 4.78 is 1.89. The summed E-state index contributed by atoms with van der Waals surface area (Å²) in [5.41, 5.74) is 3.63. The molecule has 0 saturated carbocycles. The van der Waals surface area contributed by atoms with Crippen molar-refractivity contribution in [2.75, 3.05) is 7.05 Å². The van der Waals surface area contributed by atoms with Crippen LogP contribution in [-0.4, -0.2) is 37.6 Å². The van der Waals surface area contributed by atoms with Gasteiger partial charge < -0.3 is 9.88 Å². The minimum atomic E-state index is -0.346. The molecular formula is C19H20ClN5O2. The van der Waals surface area contributed by atoms with Gasteiger partial charge in [-0.3, -0.25) is 14.3 Å². The van der Waals surface area contributed by atoms with Gasteiger partial charge in [0.15, 0.2) is 0 Å². The molecule has 3 aromatic rings. The van der Waals surface area contributed by atoms with Crippen molar-refractivity contribution >= 4 is 17.5 Å². The summed E-state index contributed by atoms with van der Waals surface area (Å²) in [6.45, 7) is 4.84. The fraction of sp³-hybridized carbons (Fsp3) is 0.263. The lowest BCUT2D eigenvalue weighted by atomic mass is 10.1. The molecule has 0 unspecified atom stereocenters. The molecule has 27 heavy (non-hydrogen) atoms. The first-order valence-electron chi connectivity index (χ1n) is 8.43. The number of aromatic nitrogens is 4. The number of H-pyrrole nitrogens is 1. The smallest absolute Gasteiger partial charge is 0.274 e. The molecule has 0 aliphatic rings. The second kappa shape index (κ2) is 7.75. The zero-order valence-electron chi connectivity index (χ0n) is 15.4. The standard InChI is InChI=1S/C19H20ClN5O2/c1-12-15(11-24(3)19(27)17-8-22-18(26)9-21-17)13(2)25(23-12)10-14-6-4-5-7-16(14)20/h4-9H,10-11H2,1-3H3,(H,22,26). The molecule has 0 fully saturated rings. The van der Waals surface area contributed by atoms with Crippen LogP contribution in [-0.2, 0) is 13.1 Å². The van der Waals surface area contributed by atoms with Crippen molar-refractivity contribution in [1.29, 1.82) is 0 Å². The van der Waals surface area contributed by atoms with E-state index in [0.717, 1.165) is 28.7 Å². The topological polar surface area (TPSA) is 83.9 Å². The number of carbonyl (C=O) groups excluding carboxylic acids is 1. The Morgan fingerprint density at radius 2 is 2.04 bits per heavy atom. The first kappa shape index (κ1) is 18.8. The number of amides is 1. The number of hydrogen-bond acceptors (Lipinski definition) is 4. The van der Waals surface area contributed by atoms with Crippen molar-refractivity contribution in [3.63, 3.8) is 0 Å². The number of carbonyl (C=O) groups is 1. The maximum atomic E-state index is 12.5. The quantitative estimate of drug-likeness (QED) is 0.731. The molecule has 7 nitrogen and oxygen atoms in total. The minimum absolute atomic E-state index is 0.191. The Balaban J connectivity index is 1.80. The lowest BCUT2D eigenvalue weighted by Crippen LogP contribution is -2.28. The minimum Gasteiger partial charge on any atom is -0.336 e. The van der Waals surface area contributed by atoms with Crippen molar-refractivity contribution in [2.45, 2.75) is 26.9 Å². The van der Waals surface area contributed by atoms with E-state index in [0.29, 0.717) is 18.1 Å². The highest BCUT2D eigenvalue weighted by molar-refractivity contribution is 6.31. The Hall–Kier alpha value is -2.93. The third kappa shape index (κ3) is 4.09. The summed E-state index contributed by atoms with van der Waals surface area (Å²) in [5, 5.41) is 5.30. The molecule has 1 N–H and O–H groups in total. The third-order valence-electron chi connectivity index (χ3n) is 4.44. The Morgan fingerprint density at radius 3 is 2.70 bits per heavy atom. The summed E-state index contributed by atoms with van der Waals surface area (Å²) >= 11 is 6.25. The van der Waals surface area contributed by atoms with Gasteiger partial charge in [0.05, 0.1) is 18.4 Å². The molecule has 8 heteroatoms. The van der Waals surface area contributed by atoms with Crippen LogP contribution in [0.1, 0.15) is 33.0 Å². The van der Waals surface area contributed by atoms with E-state index in [1.54, 1.807) is 11.9 Å². The van der Waals surface area contributed by atoms with Gasteiger partial charge in [-0.15, -0.1) is 0 Å². The lowest BCUT2D eigenvalue weighted by molar-refractivity contribution is 0.0778. The van der Waals surface area contributed by atoms with Gasteiger partial charge in [-0.1, -0.05) is 29.8 Å². The van der Waals surface area contributed by atoms with Gasteiger partial charge in [-0.05, 0) is 25.5 Å². The van der Waals surface area contributed by atoms with Crippen molar-refractivity contribution in [1.82, 2.24) is 24.6 Å². The van der Waals surface area contributed by atoms with Gasteiger partial charge >= 0.3 is 0 Å². The van der Waals surface area contributed by atoms with Crippen LogP contribution in [0.2, 0.25) is 5.02 Å². The monoisotopic (exact) mass is 385 g/mol. The SMILES string of the molecule is Cc1nn(Cc2ccccc2Cl)c(C)c1CN(C)C(=O)c1c[nH]c(=O)cn1. The van der Waals surface area contributed by atoms with E-state index < -0.39 is 0 Å². The summed E-state index contributed by atoms with van der Waals surface area (Å²) in [6.07, 6.45) is 2.42. The van der Waals surface area contributed by atoms with Gasteiger partial charge in [0, 0.05) is 36.1 Å². The van der Waals surface area contributed by atoms with Crippen molar-refractivity contribution in [2.24, 2.45) is 0 Å². The summed E-state index contributed by atoms with van der Waals surface area (Å²) in [7, 11) is 1.69. The summed E-state index contributed by atoms with van der Waals surface area (Å²) in [4.78, 5) is 31.5. The zero-order valence-corrected chi connectivity index (χ0v) is 16.1. The van der Waals surface area contributed by atoms with E-state index in [-0.39, 0.29) is 17.2 Å². The maximum absolute atomic E-state index is 12.5. The normalized spacial score (nSPS) is 10.8. The highest BCUT2D eigenvalue weighted by atomic mass is 35.5. The predicted octanol–water partition coefficient (Wildman–Crippen LogP) is 2.56. The van der Waals surface area contributed by atoms with Crippen LogP contribution in [0.4, 0.5) is 0 Å². The van der Waals surface area contributed by atoms with E-state index in [1.807, 2.05) is 42.8 Å². The van der Waals surface area contributed by atoms with Crippen LogP contribution in [0.25, 0.3) is 0 Å². The largest absolute Gasteiger partial charge is 0.336 e. The second-order valence-corrected chi connectivity index (χ2v) is 6.76. The third-order valence-corrected chi connectivity index (χ3v) is 4.81. The molecule has 0 atom stereocenters. The summed E-state index contributed by atoms with van der Waals surface area (Å²) in [6, 6.07) is 7.66. The molecule has 0 aliphatic heterocycles. The van der Waals surface area contributed by atoms with Gasteiger partial charge in [0.2, 0.25) is 0 Å². The molecular weight excluding hydrogens is 366 g/mol. The first-order valence-corrected chi connectivity index (χ1v) is 8.81. The highest BCUT2D eigenvalue weighted by Crippen LogP contribution is 2.20. The number of benzene rings is 1. The Bertz CT molecular complexity index is 1020. The van der Waals surface area contributed by atoms with Crippen LogP contribution in [0, 0.1) is 13.8 Å². The van der Waals surface area contributed by atoms with Gasteiger partial charge in [-0.2, -0.15) is 5.10 Å². The number of rotatable bonds is 5. The van der Waals surface area contributed by atoms with Crippen LogP contribution in [0.15, 0.2) is 41.5 Å². The number of hydrogen-bond donors (Lipinski definition) is 1. The molecule has 0 bridgehead atoms. The molecule has 2 heterocycles. The summed E-state index contributed by atoms with van der Waals surface area (Å²) in [5.74, 6) is -0.274. The molecule has 0 spiro atoms. The average Bonchev–Trinajstić information content (AvgIpc) is 2.91. The van der Waals surface area contributed by atoms with E-state index >= 15 is 0 Å². The van der Waals surface area contributed by atoms with Gasteiger partial charge in [-0.25, -0.2) is 4.98 Å². The lowest BCUT2D eigenvalue weighted by Gasteiger charge is -2.17. The van der Waals surface area contributed by atoms with Gasteiger partial charge in [0.1, 0.15) is 5.69 Å². The van der Waals surface area contributed by atoms with Crippen molar-refractivity contribution in [3.05, 3.63) is 80.2 Å². The molecule has 2 aromatic heterocycles. The molecule has 140 valence electrons. The molecule has 0 aliphatic carbocycles. The first-order chi connectivity index (χ1) is 12.9. The number of aromatic amines is 1. The average molecular weight is 386 g/mol. The molecule has 3 rings (SSSR count). The van der Waals surface area contributed by atoms with E-state index in [2.05, 4.69) is 15.1 Å². The van der Waals surface area contributed by atoms with Crippen LogP contribution in [0.5, 0.6) is 0 Å². The fourth-order valence-electron chi connectivity index (χ4n) is 2.87. The molecule has 1 amide bonds. The number of nitrogens with one attached hydrogen (secondary N) is 1. The van der Waals surface area contributed by atoms with Crippen LogP contribution < -0.4 is 5.56 Å². The van der Waals surface area contributed by atoms with E-state index in [4.69, 9.17) is 11.6 Å². The van der Waals surface area contributed by atoms with E-state index in [9.17, 15) is 9.59 Å². The highest BCUT2D eigenvalue weighted by Gasteiger charge is 2.19. The van der Waals surface area contributed by atoms with Crippen LogP contribution in [0.3, 0.4) is 0 Å². The zero-order chi connectivity index (χ0) is 19.6.